The monoisotopic (exact) mass is 236 g/mol. The maximum absolute atomic E-state index is 12.6. The van der Waals surface area contributed by atoms with E-state index in [0.29, 0.717) is 0 Å². The molecule has 4 nitrogen and oxygen atoms in total. The summed E-state index contributed by atoms with van der Waals surface area (Å²) < 4.78 is 47.2. The summed E-state index contributed by atoms with van der Waals surface area (Å²) in [4.78, 5) is 0. The molecule has 90 valence electrons. The van der Waals surface area contributed by atoms with Crippen LogP contribution in [0.3, 0.4) is 0 Å². The van der Waals surface area contributed by atoms with Gasteiger partial charge >= 0.3 is 6.18 Å². The number of benzene rings is 1. The van der Waals surface area contributed by atoms with E-state index in [-0.39, 0.29) is 17.1 Å². The van der Waals surface area contributed by atoms with E-state index in [1.165, 1.54) is 7.11 Å². The Kier molecular flexibility index (Phi) is 3.06. The lowest BCUT2D eigenvalue weighted by Crippen LogP contribution is -2.11. The van der Waals surface area contributed by atoms with Crippen molar-refractivity contribution in [2.24, 2.45) is 0 Å². The number of nitrogens with two attached hydrogens (primary N) is 2. The van der Waals surface area contributed by atoms with Crippen LogP contribution in [0.2, 0.25) is 0 Å². The molecule has 0 atom stereocenters. The van der Waals surface area contributed by atoms with Crippen molar-refractivity contribution in [2.45, 2.75) is 6.18 Å². The minimum Gasteiger partial charge on any atom is -0.494 e. The van der Waals surface area contributed by atoms with Crippen LogP contribution >= 0.6 is 0 Å². The van der Waals surface area contributed by atoms with Crippen LogP contribution in [0.15, 0.2) is 6.07 Å². The molecule has 4 N–H and O–H groups in total. The number of anilines is 2. The number of hydrogen-bond donors (Lipinski definition) is 2. The quantitative estimate of drug-likeness (QED) is 0.769. The molecular formula is C9H11F3N2O2. The van der Waals surface area contributed by atoms with Crippen molar-refractivity contribution in [1.82, 2.24) is 0 Å². The highest BCUT2D eigenvalue weighted by atomic mass is 19.4. The molecule has 1 rings (SSSR count). The molecule has 7 heteroatoms. The number of halogens is 3. The zero-order valence-corrected chi connectivity index (χ0v) is 8.68. The minimum absolute atomic E-state index is 0.0233. The van der Waals surface area contributed by atoms with Crippen LogP contribution in [-0.2, 0) is 6.18 Å². The molecule has 0 aliphatic carbocycles. The van der Waals surface area contributed by atoms with Crippen LogP contribution in [0.1, 0.15) is 5.56 Å². The Balaban J connectivity index is 3.53. The van der Waals surface area contributed by atoms with Gasteiger partial charge in [-0.05, 0) is 6.07 Å². The Morgan fingerprint density at radius 2 is 1.56 bits per heavy atom. The normalized spacial score (nSPS) is 11.3. The van der Waals surface area contributed by atoms with Gasteiger partial charge in [0.25, 0.3) is 0 Å². The Bertz CT molecular complexity index is 405. The number of ether oxygens (including phenoxy) is 2. The van der Waals surface area contributed by atoms with Crippen LogP contribution in [0.25, 0.3) is 0 Å². The van der Waals surface area contributed by atoms with Crippen molar-refractivity contribution in [1.29, 1.82) is 0 Å². The molecule has 0 amide bonds. The largest absolute Gasteiger partial charge is 0.494 e. The van der Waals surface area contributed by atoms with Crippen LogP contribution in [0.4, 0.5) is 24.5 Å². The van der Waals surface area contributed by atoms with Gasteiger partial charge in [-0.15, -0.1) is 0 Å². The highest BCUT2D eigenvalue weighted by Crippen LogP contribution is 2.46. The molecule has 1 aromatic carbocycles. The fraction of sp³-hybridized carbons (Fsp3) is 0.333. The summed E-state index contributed by atoms with van der Waals surface area (Å²) >= 11 is 0. The molecule has 0 fully saturated rings. The molecule has 16 heavy (non-hydrogen) atoms. The minimum atomic E-state index is -4.58. The first-order valence-electron chi connectivity index (χ1n) is 4.20. The van der Waals surface area contributed by atoms with Crippen LogP contribution in [0, 0.1) is 0 Å². The predicted molar refractivity (Wildman–Crippen MR) is 53.4 cm³/mol. The summed E-state index contributed by atoms with van der Waals surface area (Å²) in [6, 6.07) is 0.730. The first-order valence-corrected chi connectivity index (χ1v) is 4.20. The van der Waals surface area contributed by atoms with E-state index in [1.807, 2.05) is 0 Å². The van der Waals surface area contributed by atoms with Crippen molar-refractivity contribution >= 4 is 11.4 Å². The zero-order valence-electron chi connectivity index (χ0n) is 8.68. The van der Waals surface area contributed by atoms with Crippen LogP contribution in [-0.4, -0.2) is 14.2 Å². The number of methoxy groups -OCH3 is 2. The molecule has 0 aliphatic rings. The average Bonchev–Trinajstić information content (AvgIpc) is 2.16. The molecule has 0 saturated carbocycles. The first-order chi connectivity index (χ1) is 7.32. The number of hydrogen-bond acceptors (Lipinski definition) is 4. The third-order valence-corrected chi connectivity index (χ3v) is 2.01. The van der Waals surface area contributed by atoms with Gasteiger partial charge in [0.15, 0.2) is 11.5 Å². The predicted octanol–water partition coefficient (Wildman–Crippen LogP) is 1.89. The molecule has 0 unspecified atom stereocenters. The summed E-state index contributed by atoms with van der Waals surface area (Å²) in [6.07, 6.45) is -4.58. The highest BCUT2D eigenvalue weighted by Gasteiger charge is 2.36. The summed E-state index contributed by atoms with van der Waals surface area (Å²) in [7, 11) is 2.35. The maximum Gasteiger partial charge on any atom is 0.420 e. The maximum atomic E-state index is 12.6. The second kappa shape index (κ2) is 3.99. The van der Waals surface area contributed by atoms with Gasteiger partial charge in [0.05, 0.1) is 19.9 Å². The molecular weight excluding hydrogens is 225 g/mol. The van der Waals surface area contributed by atoms with Gasteiger partial charge in [0, 0.05) is 0 Å². The second-order valence-corrected chi connectivity index (χ2v) is 2.99. The third kappa shape index (κ3) is 1.93. The number of nitrogen functional groups attached to an aromatic ring is 2. The molecule has 0 heterocycles. The molecule has 1 aromatic rings. The molecule has 0 aromatic heterocycles. The summed E-state index contributed by atoms with van der Waals surface area (Å²) in [6.45, 7) is 0. The second-order valence-electron chi connectivity index (χ2n) is 2.99. The molecule has 0 bridgehead atoms. The lowest BCUT2D eigenvalue weighted by Gasteiger charge is -2.17. The summed E-state index contributed by atoms with van der Waals surface area (Å²) in [5, 5.41) is 0. The molecule has 0 saturated heterocycles. The van der Waals surface area contributed by atoms with E-state index in [1.54, 1.807) is 0 Å². The fourth-order valence-corrected chi connectivity index (χ4v) is 1.35. The topological polar surface area (TPSA) is 70.5 Å². The molecule has 0 aliphatic heterocycles. The summed E-state index contributed by atoms with van der Waals surface area (Å²) in [5.41, 5.74) is 9.39. The van der Waals surface area contributed by atoms with Crippen molar-refractivity contribution in [2.75, 3.05) is 25.7 Å². The average molecular weight is 236 g/mol. The smallest absolute Gasteiger partial charge is 0.420 e. The third-order valence-electron chi connectivity index (χ3n) is 2.01. The Morgan fingerprint density at radius 3 is 1.94 bits per heavy atom. The van der Waals surface area contributed by atoms with Crippen LogP contribution < -0.4 is 20.9 Å². The van der Waals surface area contributed by atoms with Gasteiger partial charge in [0.1, 0.15) is 11.3 Å². The Labute approximate surface area is 89.9 Å². The van der Waals surface area contributed by atoms with E-state index in [4.69, 9.17) is 16.2 Å². The Morgan fingerprint density at radius 1 is 1.06 bits per heavy atom. The van der Waals surface area contributed by atoms with Gasteiger partial charge in [-0.25, -0.2) is 0 Å². The van der Waals surface area contributed by atoms with Gasteiger partial charge < -0.3 is 20.9 Å². The van der Waals surface area contributed by atoms with Crippen molar-refractivity contribution in [3.63, 3.8) is 0 Å². The molecule has 0 spiro atoms. The Hall–Kier alpha value is -1.79. The molecule has 0 radical (unpaired) electrons. The van der Waals surface area contributed by atoms with Gasteiger partial charge in [-0.2, -0.15) is 13.2 Å². The fourth-order valence-electron chi connectivity index (χ4n) is 1.35. The zero-order chi connectivity index (χ0) is 12.5. The van der Waals surface area contributed by atoms with Crippen molar-refractivity contribution < 1.29 is 22.6 Å². The van der Waals surface area contributed by atoms with Crippen molar-refractivity contribution in [3.05, 3.63) is 11.6 Å². The van der Waals surface area contributed by atoms with Gasteiger partial charge in [-0.1, -0.05) is 0 Å². The number of rotatable bonds is 2. The van der Waals surface area contributed by atoms with Gasteiger partial charge in [0.2, 0.25) is 0 Å². The lowest BCUT2D eigenvalue weighted by molar-refractivity contribution is -0.138. The summed E-state index contributed by atoms with van der Waals surface area (Å²) in [5.74, 6) is -0.511. The SMILES string of the molecule is COc1c(N)cc(C(F)(F)F)c(OC)c1N. The van der Waals surface area contributed by atoms with Crippen LogP contribution in [0.5, 0.6) is 11.5 Å². The van der Waals surface area contributed by atoms with Crippen molar-refractivity contribution in [3.8, 4) is 11.5 Å². The lowest BCUT2D eigenvalue weighted by atomic mass is 10.1. The van der Waals surface area contributed by atoms with E-state index < -0.39 is 17.5 Å². The highest BCUT2D eigenvalue weighted by molar-refractivity contribution is 5.76. The van der Waals surface area contributed by atoms with E-state index in [2.05, 4.69) is 4.74 Å². The standard InChI is InChI=1S/C9H11F3N2O2/c1-15-7-4(9(10,11)12)3-5(13)8(16-2)6(7)14/h3H,13-14H2,1-2H3. The number of alkyl halides is 3. The van der Waals surface area contributed by atoms with E-state index in [9.17, 15) is 13.2 Å². The van der Waals surface area contributed by atoms with E-state index >= 15 is 0 Å². The first kappa shape index (κ1) is 12.3. The van der Waals surface area contributed by atoms with E-state index in [0.717, 1.165) is 13.2 Å². The van der Waals surface area contributed by atoms with Gasteiger partial charge in [-0.3, -0.25) is 0 Å².